The van der Waals surface area contributed by atoms with Crippen LogP contribution in [-0.4, -0.2) is 46.6 Å². The highest BCUT2D eigenvalue weighted by Crippen LogP contribution is 2.14. The molecule has 0 radical (unpaired) electrons. The van der Waals surface area contributed by atoms with Crippen LogP contribution in [0, 0.1) is 5.82 Å². The number of aryl methyl sites for hydroxylation is 1. The van der Waals surface area contributed by atoms with Gasteiger partial charge in [-0.1, -0.05) is 18.2 Å². The second-order valence-electron chi connectivity index (χ2n) is 6.04. The Morgan fingerprint density at radius 2 is 2.24 bits per heavy atom. The minimum Gasteiger partial charge on any atom is -0.375 e. The molecule has 6 nitrogen and oxygen atoms in total. The summed E-state index contributed by atoms with van der Waals surface area (Å²) in [5.74, 6) is -0.464. The number of hydrogen-bond acceptors (Lipinski definition) is 4. The predicted octanol–water partition coefficient (Wildman–Crippen LogP) is 1.31. The van der Waals surface area contributed by atoms with Gasteiger partial charge in [0.05, 0.1) is 25.5 Å². The number of nitrogens with zero attached hydrogens (tertiary/aromatic N) is 2. The Bertz CT molecular complexity index is 793. The van der Waals surface area contributed by atoms with E-state index in [2.05, 4.69) is 9.97 Å². The molecule has 1 aliphatic rings. The molecular formula is C18H20FN3O3. The van der Waals surface area contributed by atoms with Gasteiger partial charge in [-0.25, -0.2) is 9.37 Å². The lowest BCUT2D eigenvalue weighted by molar-refractivity contribution is -0.138. The highest BCUT2D eigenvalue weighted by Gasteiger charge is 2.24. The number of carbonyl (C=O) groups is 1. The van der Waals surface area contributed by atoms with E-state index in [-0.39, 0.29) is 29.8 Å². The summed E-state index contributed by atoms with van der Waals surface area (Å²) in [6.45, 7) is 1.43. The van der Waals surface area contributed by atoms with E-state index in [1.807, 2.05) is 0 Å². The lowest BCUT2D eigenvalue weighted by Crippen LogP contribution is -2.46. The van der Waals surface area contributed by atoms with Crippen molar-refractivity contribution >= 4 is 5.91 Å². The van der Waals surface area contributed by atoms with Gasteiger partial charge < -0.3 is 14.6 Å². The van der Waals surface area contributed by atoms with Gasteiger partial charge in [-0.2, -0.15) is 0 Å². The van der Waals surface area contributed by atoms with Gasteiger partial charge in [0.15, 0.2) is 0 Å². The van der Waals surface area contributed by atoms with Crippen molar-refractivity contribution in [1.82, 2.24) is 14.9 Å². The summed E-state index contributed by atoms with van der Waals surface area (Å²) < 4.78 is 19.4. The van der Waals surface area contributed by atoms with Crippen LogP contribution < -0.4 is 5.56 Å². The molecule has 1 aliphatic heterocycles. The third kappa shape index (κ3) is 4.73. The number of rotatable bonds is 5. The van der Waals surface area contributed by atoms with E-state index in [1.165, 1.54) is 18.5 Å². The molecule has 1 amide bonds. The summed E-state index contributed by atoms with van der Waals surface area (Å²) in [4.78, 5) is 32.0. The van der Waals surface area contributed by atoms with E-state index < -0.39 is 0 Å². The molecular weight excluding hydrogens is 325 g/mol. The summed E-state index contributed by atoms with van der Waals surface area (Å²) >= 11 is 0. The van der Waals surface area contributed by atoms with Crippen LogP contribution in [-0.2, 0) is 22.4 Å². The first-order valence-electron chi connectivity index (χ1n) is 8.28. The number of amides is 1. The highest BCUT2D eigenvalue weighted by molar-refractivity contribution is 5.79. The van der Waals surface area contributed by atoms with Crippen molar-refractivity contribution in [3.63, 3.8) is 0 Å². The Morgan fingerprint density at radius 1 is 1.40 bits per heavy atom. The topological polar surface area (TPSA) is 75.3 Å². The Labute approximate surface area is 144 Å². The van der Waals surface area contributed by atoms with Crippen molar-refractivity contribution in [3.05, 3.63) is 64.1 Å². The van der Waals surface area contributed by atoms with Crippen LogP contribution in [0.1, 0.15) is 17.7 Å². The molecule has 1 N–H and O–H groups in total. The lowest BCUT2D eigenvalue weighted by Gasteiger charge is -2.33. The predicted molar refractivity (Wildman–Crippen MR) is 89.6 cm³/mol. The Kier molecular flexibility index (Phi) is 5.55. The molecule has 0 bridgehead atoms. The molecule has 1 saturated heterocycles. The molecule has 2 heterocycles. The number of aromatic amines is 1. The number of hydrogen-bond donors (Lipinski definition) is 1. The lowest BCUT2D eigenvalue weighted by atomic mass is 10.1. The molecule has 0 unspecified atom stereocenters. The summed E-state index contributed by atoms with van der Waals surface area (Å²) in [5.41, 5.74) is 0.918. The standard InChI is InChI=1S/C18H20FN3O3/c19-16-4-2-1-3-13(16)9-18(24)22-7-8-25-15(11-22)6-5-14-10-17(23)21-12-20-14/h1-4,10,12,15H,5-9,11H2,(H,20,21,23)/t15-/m1/s1. The zero-order valence-corrected chi connectivity index (χ0v) is 13.8. The number of morpholine rings is 1. The van der Waals surface area contributed by atoms with E-state index in [0.29, 0.717) is 43.8 Å². The normalized spacial score (nSPS) is 17.5. The number of H-pyrrole nitrogens is 1. The summed E-state index contributed by atoms with van der Waals surface area (Å²) in [5, 5.41) is 0. The Hall–Kier alpha value is -2.54. The number of carbonyl (C=O) groups excluding carboxylic acids is 1. The largest absolute Gasteiger partial charge is 0.375 e. The summed E-state index contributed by atoms with van der Waals surface area (Å²) in [7, 11) is 0. The minimum atomic E-state index is -0.360. The van der Waals surface area contributed by atoms with Gasteiger partial charge in [0.25, 0.3) is 5.56 Å². The SMILES string of the molecule is O=C(Cc1ccccc1F)N1CCO[C@H](CCc2cc(=O)[nH]cn2)C1. The van der Waals surface area contributed by atoms with Crippen LogP contribution in [0.15, 0.2) is 41.5 Å². The zero-order valence-electron chi connectivity index (χ0n) is 13.8. The molecule has 3 rings (SSSR count). The third-order valence-electron chi connectivity index (χ3n) is 4.25. The quantitative estimate of drug-likeness (QED) is 0.887. The van der Waals surface area contributed by atoms with Crippen molar-refractivity contribution in [2.24, 2.45) is 0 Å². The van der Waals surface area contributed by atoms with Crippen LogP contribution in [0.4, 0.5) is 4.39 Å². The van der Waals surface area contributed by atoms with E-state index in [9.17, 15) is 14.0 Å². The summed E-state index contributed by atoms with van der Waals surface area (Å²) in [6.07, 6.45) is 2.59. The molecule has 1 atom stereocenters. The smallest absolute Gasteiger partial charge is 0.250 e. The fraction of sp³-hybridized carbons (Fsp3) is 0.389. The van der Waals surface area contributed by atoms with Gasteiger partial charge in [0.2, 0.25) is 5.91 Å². The van der Waals surface area contributed by atoms with E-state index in [0.717, 1.165) is 0 Å². The molecule has 7 heteroatoms. The van der Waals surface area contributed by atoms with Crippen molar-refractivity contribution in [2.75, 3.05) is 19.7 Å². The average molecular weight is 345 g/mol. The third-order valence-corrected chi connectivity index (χ3v) is 4.25. The van der Waals surface area contributed by atoms with Crippen LogP contribution >= 0.6 is 0 Å². The monoisotopic (exact) mass is 345 g/mol. The second-order valence-corrected chi connectivity index (χ2v) is 6.04. The van der Waals surface area contributed by atoms with Gasteiger partial charge in [-0.15, -0.1) is 0 Å². The number of aromatic nitrogens is 2. The Balaban J connectivity index is 1.54. The number of halogens is 1. The van der Waals surface area contributed by atoms with Crippen molar-refractivity contribution in [1.29, 1.82) is 0 Å². The van der Waals surface area contributed by atoms with Gasteiger partial charge in [-0.3, -0.25) is 9.59 Å². The fourth-order valence-corrected chi connectivity index (χ4v) is 2.89. The first kappa shape index (κ1) is 17.3. The number of ether oxygens (including phenoxy) is 1. The number of benzene rings is 1. The van der Waals surface area contributed by atoms with E-state index in [1.54, 1.807) is 23.1 Å². The second kappa shape index (κ2) is 8.02. The van der Waals surface area contributed by atoms with E-state index in [4.69, 9.17) is 4.74 Å². The molecule has 0 aliphatic carbocycles. The number of nitrogens with one attached hydrogen (secondary N) is 1. The van der Waals surface area contributed by atoms with Gasteiger partial charge in [0, 0.05) is 24.8 Å². The maximum absolute atomic E-state index is 13.7. The van der Waals surface area contributed by atoms with Crippen LogP contribution in [0.5, 0.6) is 0 Å². The minimum absolute atomic E-state index is 0.0506. The molecule has 25 heavy (non-hydrogen) atoms. The molecule has 1 aromatic carbocycles. The van der Waals surface area contributed by atoms with Crippen LogP contribution in [0.2, 0.25) is 0 Å². The molecule has 0 saturated carbocycles. The first-order valence-corrected chi connectivity index (χ1v) is 8.28. The van der Waals surface area contributed by atoms with Crippen LogP contribution in [0.3, 0.4) is 0 Å². The van der Waals surface area contributed by atoms with Gasteiger partial charge in [0.1, 0.15) is 5.82 Å². The Morgan fingerprint density at radius 3 is 3.04 bits per heavy atom. The van der Waals surface area contributed by atoms with E-state index >= 15 is 0 Å². The average Bonchev–Trinajstić information content (AvgIpc) is 2.62. The fourth-order valence-electron chi connectivity index (χ4n) is 2.89. The summed E-state index contributed by atoms with van der Waals surface area (Å²) in [6, 6.07) is 7.78. The maximum atomic E-state index is 13.7. The van der Waals surface area contributed by atoms with Gasteiger partial charge >= 0.3 is 0 Å². The first-order chi connectivity index (χ1) is 12.1. The molecule has 1 fully saturated rings. The van der Waals surface area contributed by atoms with Crippen molar-refractivity contribution in [3.8, 4) is 0 Å². The molecule has 132 valence electrons. The van der Waals surface area contributed by atoms with Crippen LogP contribution in [0.25, 0.3) is 0 Å². The molecule has 2 aromatic rings. The highest BCUT2D eigenvalue weighted by atomic mass is 19.1. The maximum Gasteiger partial charge on any atom is 0.250 e. The molecule has 1 aromatic heterocycles. The van der Waals surface area contributed by atoms with Gasteiger partial charge in [-0.05, 0) is 24.5 Å². The molecule has 0 spiro atoms. The zero-order chi connectivity index (χ0) is 17.6. The van der Waals surface area contributed by atoms with Crippen molar-refractivity contribution in [2.45, 2.75) is 25.4 Å². The van der Waals surface area contributed by atoms with Crippen molar-refractivity contribution < 1.29 is 13.9 Å².